The molecule has 0 amide bonds. The summed E-state index contributed by atoms with van der Waals surface area (Å²) in [5.74, 6) is -10.5. The lowest BCUT2D eigenvalue weighted by molar-refractivity contribution is -0.281. The van der Waals surface area contributed by atoms with Crippen LogP contribution in [0.5, 0.6) is 0 Å². The van der Waals surface area contributed by atoms with Crippen molar-refractivity contribution >= 4 is 7.92 Å². The van der Waals surface area contributed by atoms with Gasteiger partial charge in [0.15, 0.2) is 5.41 Å². The SMILES string of the molecule is CCCCCCCCCP(C1(F)C=CC=CC1)C(F)(F)C(F)(F)C(F)(F)CCCCCC. The van der Waals surface area contributed by atoms with E-state index in [0.717, 1.165) is 38.2 Å². The number of hydrogen-bond acceptors (Lipinski definition) is 0. The summed E-state index contributed by atoms with van der Waals surface area (Å²) in [6, 6.07) is 0. The largest absolute Gasteiger partial charge is 0.375 e. The first-order valence-electron chi connectivity index (χ1n) is 11.9. The highest BCUT2D eigenvalue weighted by molar-refractivity contribution is 7.60. The summed E-state index contributed by atoms with van der Waals surface area (Å²) in [4.78, 5) is 0. The van der Waals surface area contributed by atoms with Gasteiger partial charge in [0.2, 0.25) is 0 Å². The molecule has 0 nitrogen and oxygen atoms in total. The molecule has 2 atom stereocenters. The molecule has 0 spiro atoms. The predicted molar refractivity (Wildman–Crippen MR) is 120 cm³/mol. The topological polar surface area (TPSA) is 0 Å². The van der Waals surface area contributed by atoms with Gasteiger partial charge in [0.1, 0.15) is 0 Å². The van der Waals surface area contributed by atoms with Crippen LogP contribution in [-0.4, -0.2) is 29.1 Å². The van der Waals surface area contributed by atoms with Crippen molar-refractivity contribution in [2.45, 2.75) is 120 Å². The maximum atomic E-state index is 15.5. The fourth-order valence-electron chi connectivity index (χ4n) is 3.89. The fraction of sp³-hybridized carbons (Fsp3) is 0.833. The Morgan fingerprint density at radius 2 is 1.28 bits per heavy atom. The van der Waals surface area contributed by atoms with E-state index in [0.29, 0.717) is 19.3 Å². The molecule has 0 fully saturated rings. The van der Waals surface area contributed by atoms with Gasteiger partial charge in [-0.25, -0.2) is 4.39 Å². The third-order valence-electron chi connectivity index (χ3n) is 5.96. The van der Waals surface area contributed by atoms with Crippen molar-refractivity contribution in [3.63, 3.8) is 0 Å². The Hall–Kier alpha value is -0.580. The number of rotatable bonds is 17. The quantitative estimate of drug-likeness (QED) is 0.108. The van der Waals surface area contributed by atoms with E-state index in [1.165, 1.54) is 18.2 Å². The zero-order chi connectivity index (χ0) is 24.3. The van der Waals surface area contributed by atoms with Crippen LogP contribution < -0.4 is 0 Å². The molecule has 0 aromatic heterocycles. The van der Waals surface area contributed by atoms with Crippen molar-refractivity contribution in [2.24, 2.45) is 0 Å². The molecule has 0 aromatic carbocycles. The summed E-state index contributed by atoms with van der Waals surface area (Å²) in [5.41, 5.74) is -5.12. The number of alkyl halides is 7. The van der Waals surface area contributed by atoms with Crippen molar-refractivity contribution < 1.29 is 30.7 Å². The molecular weight excluding hydrogens is 452 g/mol. The van der Waals surface area contributed by atoms with Crippen molar-refractivity contribution in [2.75, 3.05) is 6.16 Å². The highest BCUT2D eigenvalue weighted by Gasteiger charge is 2.75. The van der Waals surface area contributed by atoms with Crippen LogP contribution in [0, 0.1) is 0 Å². The van der Waals surface area contributed by atoms with Gasteiger partial charge in [-0.15, -0.1) is 0 Å². The molecule has 0 radical (unpaired) electrons. The lowest BCUT2D eigenvalue weighted by Gasteiger charge is -2.42. The van der Waals surface area contributed by atoms with E-state index in [2.05, 4.69) is 6.92 Å². The van der Waals surface area contributed by atoms with Crippen molar-refractivity contribution in [1.29, 1.82) is 0 Å². The normalized spacial score (nSPS) is 20.7. The monoisotopic (exact) mass is 490 g/mol. The van der Waals surface area contributed by atoms with Gasteiger partial charge in [0, 0.05) is 20.8 Å². The first-order valence-corrected chi connectivity index (χ1v) is 13.4. The van der Waals surface area contributed by atoms with Crippen molar-refractivity contribution in [3.8, 4) is 0 Å². The van der Waals surface area contributed by atoms with E-state index in [1.54, 1.807) is 0 Å². The summed E-state index contributed by atoms with van der Waals surface area (Å²) in [5, 5.41) is -2.72. The van der Waals surface area contributed by atoms with Crippen molar-refractivity contribution in [3.05, 3.63) is 24.3 Å². The molecule has 1 aliphatic rings. The van der Waals surface area contributed by atoms with Crippen LogP contribution in [0.15, 0.2) is 24.3 Å². The molecule has 0 heterocycles. The number of unbranched alkanes of at least 4 members (excludes halogenated alkanes) is 9. The summed E-state index contributed by atoms with van der Waals surface area (Å²) in [7, 11) is -3.37. The third kappa shape index (κ3) is 7.74. The molecule has 2 unspecified atom stereocenters. The Kier molecular flexibility index (Phi) is 12.3. The van der Waals surface area contributed by atoms with Gasteiger partial charge in [0.05, 0.1) is 0 Å². The number of allylic oxidation sites excluding steroid dienone is 4. The average Bonchev–Trinajstić information content (AvgIpc) is 2.73. The second kappa shape index (κ2) is 13.3. The fourth-order valence-corrected chi connectivity index (χ4v) is 6.64. The summed E-state index contributed by atoms with van der Waals surface area (Å²) >= 11 is 0. The minimum absolute atomic E-state index is 0.120. The Balaban J connectivity index is 2.98. The van der Waals surface area contributed by atoms with Crippen LogP contribution >= 0.6 is 7.92 Å². The number of hydrogen-bond donors (Lipinski definition) is 0. The Bertz CT molecular complexity index is 589. The van der Waals surface area contributed by atoms with Gasteiger partial charge >= 0.3 is 17.5 Å². The van der Waals surface area contributed by atoms with E-state index in [-0.39, 0.29) is 19.3 Å². The van der Waals surface area contributed by atoms with Crippen LogP contribution in [0.25, 0.3) is 0 Å². The van der Waals surface area contributed by atoms with E-state index >= 15 is 13.2 Å². The molecule has 0 saturated heterocycles. The summed E-state index contributed by atoms with van der Waals surface area (Å²) < 4.78 is 104. The minimum Gasteiger partial charge on any atom is -0.234 e. The van der Waals surface area contributed by atoms with Crippen LogP contribution in [0.2, 0.25) is 0 Å². The molecule has 0 saturated carbocycles. The van der Waals surface area contributed by atoms with Gasteiger partial charge in [0.25, 0.3) is 0 Å². The van der Waals surface area contributed by atoms with Gasteiger partial charge in [-0.1, -0.05) is 89.9 Å². The molecule has 1 aliphatic carbocycles. The van der Waals surface area contributed by atoms with E-state index < -0.39 is 49.8 Å². The van der Waals surface area contributed by atoms with Gasteiger partial charge in [-0.3, -0.25) is 0 Å². The Labute approximate surface area is 189 Å². The van der Waals surface area contributed by atoms with Gasteiger partial charge in [-0.2, -0.15) is 26.3 Å². The molecule has 8 heteroatoms. The maximum Gasteiger partial charge on any atom is 0.375 e. The lowest BCUT2D eigenvalue weighted by atomic mass is 10.0. The molecule has 32 heavy (non-hydrogen) atoms. The highest BCUT2D eigenvalue weighted by atomic mass is 31.1. The molecule has 0 aliphatic heterocycles. The number of halogens is 7. The Morgan fingerprint density at radius 3 is 1.81 bits per heavy atom. The summed E-state index contributed by atoms with van der Waals surface area (Å²) in [6.07, 6.45) is 9.01. The average molecular weight is 491 g/mol. The van der Waals surface area contributed by atoms with Crippen LogP contribution in [0.3, 0.4) is 0 Å². The molecule has 0 aromatic rings. The Morgan fingerprint density at radius 1 is 0.750 bits per heavy atom. The zero-order valence-electron chi connectivity index (χ0n) is 19.3. The van der Waals surface area contributed by atoms with Crippen LogP contribution in [-0.2, 0) is 0 Å². The summed E-state index contributed by atoms with van der Waals surface area (Å²) in [6.45, 7) is 3.88. The third-order valence-corrected chi connectivity index (χ3v) is 8.91. The molecule has 188 valence electrons. The molecular formula is C24H38F7P. The lowest BCUT2D eigenvalue weighted by Crippen LogP contribution is -2.55. The second-order valence-corrected chi connectivity index (χ2v) is 11.3. The second-order valence-electron chi connectivity index (χ2n) is 8.71. The molecule has 0 bridgehead atoms. The van der Waals surface area contributed by atoms with Crippen molar-refractivity contribution in [1.82, 2.24) is 0 Å². The first-order chi connectivity index (χ1) is 15.0. The highest BCUT2D eigenvalue weighted by Crippen LogP contribution is 2.71. The predicted octanol–water partition coefficient (Wildman–Crippen LogP) is 10.2. The standard InChI is InChI=1S/C24H38F7P/c1-3-5-7-9-10-11-16-20-32(21(25)17-13-12-14-18-21)24(30,31)23(28,29)22(26,27)19-15-8-6-4-2/h12-14,17H,3-11,15-16,18-20H2,1-2H3. The first kappa shape index (κ1) is 29.5. The maximum absolute atomic E-state index is 15.5. The molecule has 0 N–H and O–H groups in total. The van der Waals surface area contributed by atoms with E-state index in [9.17, 15) is 17.6 Å². The van der Waals surface area contributed by atoms with E-state index in [1.807, 2.05) is 6.92 Å². The van der Waals surface area contributed by atoms with Crippen LogP contribution in [0.1, 0.15) is 97.3 Å². The van der Waals surface area contributed by atoms with Crippen LogP contribution in [0.4, 0.5) is 30.7 Å². The smallest absolute Gasteiger partial charge is 0.234 e. The molecule has 1 rings (SSSR count). The van der Waals surface area contributed by atoms with Gasteiger partial charge in [-0.05, 0) is 25.1 Å². The van der Waals surface area contributed by atoms with Gasteiger partial charge < -0.3 is 0 Å². The zero-order valence-corrected chi connectivity index (χ0v) is 20.2. The van der Waals surface area contributed by atoms with E-state index in [4.69, 9.17) is 0 Å². The minimum atomic E-state index is -5.60.